The number of nitrogens with zero attached hydrogens (tertiary/aromatic N) is 2. The van der Waals surface area contributed by atoms with Gasteiger partial charge in [0.25, 0.3) is 5.69 Å². The maximum Gasteiger partial charge on any atom is 0.514 e. The minimum Gasteiger partial charge on any atom is -0.444 e. The molecule has 11 nitrogen and oxygen atoms in total. The van der Waals surface area contributed by atoms with Gasteiger partial charge in [-0.05, 0) is 32.9 Å². The van der Waals surface area contributed by atoms with Crippen LogP contribution < -0.4 is 4.74 Å². The lowest BCUT2D eigenvalue weighted by molar-refractivity contribution is -0.384. The third kappa shape index (κ3) is 8.21. The zero-order valence-electron chi connectivity index (χ0n) is 17.2. The molecule has 0 bridgehead atoms. The first-order valence-electron chi connectivity index (χ1n) is 9.40. The van der Waals surface area contributed by atoms with Crippen LogP contribution in [-0.4, -0.2) is 73.3 Å². The van der Waals surface area contributed by atoms with Crippen LogP contribution in [-0.2, 0) is 18.9 Å². The molecule has 1 fully saturated rings. The molecule has 166 valence electrons. The van der Waals surface area contributed by atoms with E-state index in [1.165, 1.54) is 29.2 Å². The van der Waals surface area contributed by atoms with Crippen molar-refractivity contribution < 1.29 is 38.2 Å². The number of hydrogen-bond donors (Lipinski definition) is 0. The van der Waals surface area contributed by atoms with Crippen LogP contribution >= 0.6 is 0 Å². The lowest BCUT2D eigenvalue weighted by Gasteiger charge is -2.28. The van der Waals surface area contributed by atoms with Crippen LogP contribution in [0.2, 0.25) is 0 Å². The fourth-order valence-corrected chi connectivity index (χ4v) is 2.41. The molecule has 1 aromatic carbocycles. The molecule has 0 unspecified atom stereocenters. The number of amides is 1. The van der Waals surface area contributed by atoms with Gasteiger partial charge in [-0.25, -0.2) is 9.59 Å². The summed E-state index contributed by atoms with van der Waals surface area (Å²) in [6, 6.07) is 5.03. The van der Waals surface area contributed by atoms with Gasteiger partial charge < -0.3 is 28.6 Å². The summed E-state index contributed by atoms with van der Waals surface area (Å²) in [4.78, 5) is 35.7. The molecule has 1 amide bonds. The second kappa shape index (κ2) is 10.7. The lowest BCUT2D eigenvalue weighted by Crippen LogP contribution is -2.42. The van der Waals surface area contributed by atoms with E-state index in [1.54, 1.807) is 20.8 Å². The van der Waals surface area contributed by atoms with E-state index in [1.807, 2.05) is 0 Å². The van der Waals surface area contributed by atoms with E-state index in [9.17, 15) is 19.7 Å². The maximum atomic E-state index is 12.2. The highest BCUT2D eigenvalue weighted by Crippen LogP contribution is 2.18. The number of non-ortho nitro benzene ring substituents is 1. The third-order valence-electron chi connectivity index (χ3n) is 3.78. The summed E-state index contributed by atoms with van der Waals surface area (Å²) in [6.45, 7) is 6.54. The van der Waals surface area contributed by atoms with E-state index in [4.69, 9.17) is 23.7 Å². The molecule has 0 atom stereocenters. The summed E-state index contributed by atoms with van der Waals surface area (Å²) < 4.78 is 26.5. The van der Waals surface area contributed by atoms with Crippen LogP contribution in [0, 0.1) is 10.1 Å². The zero-order valence-corrected chi connectivity index (χ0v) is 17.2. The minimum atomic E-state index is -0.978. The first-order valence-corrected chi connectivity index (χ1v) is 9.40. The summed E-state index contributed by atoms with van der Waals surface area (Å²) in [5.74, 6) is 0.111. The Morgan fingerprint density at radius 1 is 1.10 bits per heavy atom. The Morgan fingerprint density at radius 2 is 1.67 bits per heavy atom. The third-order valence-corrected chi connectivity index (χ3v) is 3.78. The second-order valence-electron chi connectivity index (χ2n) is 7.46. The van der Waals surface area contributed by atoms with Crippen molar-refractivity contribution in [2.45, 2.75) is 32.5 Å². The molecular formula is C19H26N2O9. The summed E-state index contributed by atoms with van der Waals surface area (Å²) in [5, 5.41) is 10.6. The smallest absolute Gasteiger partial charge is 0.444 e. The van der Waals surface area contributed by atoms with Crippen molar-refractivity contribution in [1.82, 2.24) is 4.90 Å². The van der Waals surface area contributed by atoms with E-state index in [-0.39, 0.29) is 37.9 Å². The van der Waals surface area contributed by atoms with Gasteiger partial charge in [-0.15, -0.1) is 0 Å². The predicted molar refractivity (Wildman–Crippen MR) is 103 cm³/mol. The molecule has 0 aromatic heterocycles. The van der Waals surface area contributed by atoms with Gasteiger partial charge in [0.05, 0.1) is 31.4 Å². The van der Waals surface area contributed by atoms with Crippen LogP contribution in [0.15, 0.2) is 24.3 Å². The molecule has 1 aliphatic heterocycles. The standard InChI is InChI=1S/C19H26N2O9/c1-19(2,3)30-17(22)20-8-10-26-12-16(13-27-11-9-20)29-18(23)28-15-6-4-14(5-7-15)21(24)25/h4-7,16H,8-13H2,1-3H3. The molecule has 1 heterocycles. The molecule has 1 aliphatic rings. The highest BCUT2D eigenvalue weighted by Gasteiger charge is 2.24. The topological polar surface area (TPSA) is 127 Å². The molecule has 0 N–H and O–H groups in total. The van der Waals surface area contributed by atoms with Gasteiger partial charge in [0.1, 0.15) is 11.4 Å². The number of carbonyl (C=O) groups excluding carboxylic acids is 2. The Balaban J connectivity index is 1.80. The molecule has 0 saturated carbocycles. The van der Waals surface area contributed by atoms with Gasteiger partial charge in [0.15, 0.2) is 6.10 Å². The number of nitro benzene ring substituents is 1. The maximum absolute atomic E-state index is 12.2. The van der Waals surface area contributed by atoms with Crippen LogP contribution in [0.3, 0.4) is 0 Å². The van der Waals surface area contributed by atoms with Gasteiger partial charge in [0, 0.05) is 25.2 Å². The minimum absolute atomic E-state index is 0.0531. The molecule has 2 rings (SSSR count). The largest absolute Gasteiger partial charge is 0.514 e. The Hall–Kier alpha value is -2.92. The summed E-state index contributed by atoms with van der Waals surface area (Å²) >= 11 is 0. The number of hydrogen-bond acceptors (Lipinski definition) is 9. The van der Waals surface area contributed by atoms with Gasteiger partial charge in [0.2, 0.25) is 0 Å². The molecule has 0 radical (unpaired) electrons. The van der Waals surface area contributed by atoms with E-state index >= 15 is 0 Å². The average molecular weight is 426 g/mol. The predicted octanol–water partition coefficient (Wildman–Crippen LogP) is 2.76. The molecular weight excluding hydrogens is 400 g/mol. The van der Waals surface area contributed by atoms with Crippen molar-refractivity contribution in [3.8, 4) is 5.75 Å². The fourth-order valence-electron chi connectivity index (χ4n) is 2.41. The van der Waals surface area contributed by atoms with Crippen molar-refractivity contribution in [2.24, 2.45) is 0 Å². The number of carbonyl (C=O) groups is 2. The lowest BCUT2D eigenvalue weighted by atomic mass is 10.2. The molecule has 30 heavy (non-hydrogen) atoms. The molecule has 0 spiro atoms. The van der Waals surface area contributed by atoms with Crippen molar-refractivity contribution in [1.29, 1.82) is 0 Å². The summed E-state index contributed by atoms with van der Waals surface area (Å²) in [5.41, 5.74) is -0.720. The Morgan fingerprint density at radius 3 is 2.17 bits per heavy atom. The Kier molecular flexibility index (Phi) is 8.36. The summed E-state index contributed by atoms with van der Waals surface area (Å²) in [7, 11) is 0. The normalized spacial score (nSPS) is 16.4. The zero-order chi connectivity index (χ0) is 22.1. The SMILES string of the molecule is CC(C)(C)OC(=O)N1CCOCC(OC(=O)Oc2ccc([N+](=O)[O-])cc2)COCC1. The number of benzene rings is 1. The van der Waals surface area contributed by atoms with Crippen LogP contribution in [0.5, 0.6) is 5.75 Å². The molecule has 1 aromatic rings. The first-order chi connectivity index (χ1) is 14.1. The quantitative estimate of drug-likeness (QED) is 0.310. The van der Waals surface area contributed by atoms with Crippen molar-refractivity contribution in [2.75, 3.05) is 39.5 Å². The molecule has 1 saturated heterocycles. The van der Waals surface area contributed by atoms with Crippen LogP contribution in [0.25, 0.3) is 0 Å². The van der Waals surface area contributed by atoms with E-state index in [2.05, 4.69) is 0 Å². The fraction of sp³-hybridized carbons (Fsp3) is 0.579. The van der Waals surface area contributed by atoms with Crippen molar-refractivity contribution in [3.05, 3.63) is 34.4 Å². The van der Waals surface area contributed by atoms with Crippen molar-refractivity contribution in [3.63, 3.8) is 0 Å². The number of nitro groups is 1. The number of ether oxygens (including phenoxy) is 5. The highest BCUT2D eigenvalue weighted by molar-refractivity contribution is 5.68. The summed E-state index contributed by atoms with van der Waals surface area (Å²) in [6.07, 6.45) is -2.13. The van der Waals surface area contributed by atoms with Gasteiger partial charge in [-0.2, -0.15) is 0 Å². The average Bonchev–Trinajstić information content (AvgIpc) is 2.65. The Labute approximate surface area is 173 Å². The van der Waals surface area contributed by atoms with Gasteiger partial charge >= 0.3 is 12.2 Å². The van der Waals surface area contributed by atoms with Gasteiger partial charge in [-0.1, -0.05) is 0 Å². The highest BCUT2D eigenvalue weighted by atomic mass is 16.7. The molecule has 0 aliphatic carbocycles. The first kappa shape index (κ1) is 23.4. The van der Waals surface area contributed by atoms with Crippen LogP contribution in [0.1, 0.15) is 20.8 Å². The van der Waals surface area contributed by atoms with Gasteiger partial charge in [-0.3, -0.25) is 10.1 Å². The monoisotopic (exact) mass is 426 g/mol. The van der Waals surface area contributed by atoms with E-state index in [0.29, 0.717) is 13.1 Å². The Bertz CT molecular complexity index is 719. The van der Waals surface area contributed by atoms with E-state index in [0.717, 1.165) is 0 Å². The van der Waals surface area contributed by atoms with Crippen molar-refractivity contribution >= 4 is 17.9 Å². The van der Waals surface area contributed by atoms with Crippen LogP contribution in [0.4, 0.5) is 15.3 Å². The number of rotatable bonds is 3. The van der Waals surface area contributed by atoms with E-state index < -0.39 is 28.9 Å². The molecule has 11 heteroatoms. The second-order valence-corrected chi connectivity index (χ2v) is 7.46.